The zero-order valence-corrected chi connectivity index (χ0v) is 34.6. The monoisotopic (exact) mass is 799 g/mol. The largest absolute Gasteiger partial charge is 0.310 e. The number of fused-ring (bicyclic) bond motifs is 7. The number of nitrogens with zero attached hydrogens (tertiary/aromatic N) is 1. The van der Waals surface area contributed by atoms with Crippen LogP contribution < -0.4 is 4.90 Å². The summed E-state index contributed by atoms with van der Waals surface area (Å²) in [7, 11) is 0. The minimum Gasteiger partial charge on any atom is -0.310 e. The summed E-state index contributed by atoms with van der Waals surface area (Å²) < 4.78 is 0. The van der Waals surface area contributed by atoms with Crippen LogP contribution in [0, 0.1) is 0 Å². The van der Waals surface area contributed by atoms with E-state index in [-0.39, 0.29) is 0 Å². The van der Waals surface area contributed by atoms with Crippen molar-refractivity contribution in [3.8, 4) is 44.5 Å². The molecule has 0 unspecified atom stereocenters. The standard InChI is InChI=1S/C62H41N/c1-3-18-45(19-4-1)61-58-26-12-11-25-55(58)57-39-34-48(41-59(57)62(61)46-20-5-2-6-21-46)53-24-13-14-29-60(53)63(50-37-30-42-16-7-8-22-47(42)40-50)49-35-31-44(32-36-49)52-27-15-28-54-51-23-10-9-17-43(51)33-38-56(52)54/h1-41H. The van der Waals surface area contributed by atoms with Crippen molar-refractivity contribution in [2.24, 2.45) is 0 Å². The summed E-state index contributed by atoms with van der Waals surface area (Å²) in [5.41, 5.74) is 13.0. The van der Waals surface area contributed by atoms with Crippen molar-refractivity contribution in [2.75, 3.05) is 4.90 Å². The van der Waals surface area contributed by atoms with Gasteiger partial charge in [-0.1, -0.05) is 212 Å². The van der Waals surface area contributed by atoms with E-state index in [1.165, 1.54) is 87.2 Å². The maximum atomic E-state index is 2.43. The lowest BCUT2D eigenvalue weighted by Crippen LogP contribution is -2.11. The zero-order chi connectivity index (χ0) is 41.7. The third kappa shape index (κ3) is 6.33. The fourth-order valence-corrected chi connectivity index (χ4v) is 9.91. The molecule has 0 aromatic heterocycles. The first kappa shape index (κ1) is 36.6. The molecule has 0 bridgehead atoms. The Labute approximate surface area is 367 Å². The molecule has 0 heterocycles. The van der Waals surface area contributed by atoms with Crippen LogP contribution in [0.25, 0.3) is 98.4 Å². The molecule has 0 aliphatic rings. The van der Waals surface area contributed by atoms with Gasteiger partial charge in [-0.15, -0.1) is 0 Å². The Balaban J connectivity index is 1.06. The quantitative estimate of drug-likeness (QED) is 0.145. The Bertz CT molecular complexity index is 3660. The highest BCUT2D eigenvalue weighted by molar-refractivity contribution is 6.22. The molecule has 1 nitrogen and oxygen atoms in total. The fourth-order valence-electron chi connectivity index (χ4n) is 9.91. The molecule has 0 fully saturated rings. The molecule has 12 rings (SSSR count). The normalized spacial score (nSPS) is 11.5. The van der Waals surface area contributed by atoms with Crippen molar-refractivity contribution in [3.63, 3.8) is 0 Å². The van der Waals surface area contributed by atoms with E-state index in [4.69, 9.17) is 0 Å². The van der Waals surface area contributed by atoms with Gasteiger partial charge in [0.15, 0.2) is 0 Å². The Hall–Kier alpha value is -8.26. The van der Waals surface area contributed by atoms with Crippen molar-refractivity contribution in [1.29, 1.82) is 0 Å². The average molecular weight is 800 g/mol. The molecular formula is C62H41N. The van der Waals surface area contributed by atoms with Gasteiger partial charge in [0, 0.05) is 16.9 Å². The summed E-state index contributed by atoms with van der Waals surface area (Å²) in [6.45, 7) is 0. The molecule has 1 heteroatoms. The van der Waals surface area contributed by atoms with Gasteiger partial charge in [0.25, 0.3) is 0 Å². The van der Waals surface area contributed by atoms with Crippen LogP contribution in [0.2, 0.25) is 0 Å². The number of anilines is 3. The second kappa shape index (κ2) is 15.3. The average Bonchev–Trinajstić information content (AvgIpc) is 3.36. The minimum atomic E-state index is 1.09. The van der Waals surface area contributed by atoms with Gasteiger partial charge in [0.2, 0.25) is 0 Å². The highest BCUT2D eigenvalue weighted by atomic mass is 15.1. The highest BCUT2D eigenvalue weighted by Crippen LogP contribution is 2.48. The van der Waals surface area contributed by atoms with Crippen molar-refractivity contribution in [1.82, 2.24) is 0 Å². The highest BCUT2D eigenvalue weighted by Gasteiger charge is 2.21. The first-order chi connectivity index (χ1) is 31.3. The Morgan fingerprint density at radius 3 is 1.51 bits per heavy atom. The molecule has 0 atom stereocenters. The van der Waals surface area contributed by atoms with Gasteiger partial charge in [-0.25, -0.2) is 0 Å². The van der Waals surface area contributed by atoms with Gasteiger partial charge in [-0.05, 0) is 129 Å². The molecule has 0 amide bonds. The van der Waals surface area contributed by atoms with Crippen molar-refractivity contribution >= 4 is 70.9 Å². The molecule has 294 valence electrons. The molecule has 0 radical (unpaired) electrons. The molecule has 12 aromatic carbocycles. The van der Waals surface area contributed by atoms with E-state index < -0.39 is 0 Å². The van der Waals surface area contributed by atoms with Crippen LogP contribution in [-0.4, -0.2) is 0 Å². The fraction of sp³-hybridized carbons (Fsp3) is 0. The molecule has 63 heavy (non-hydrogen) atoms. The number of rotatable bonds is 7. The molecule has 0 saturated heterocycles. The van der Waals surface area contributed by atoms with Crippen molar-refractivity contribution < 1.29 is 0 Å². The van der Waals surface area contributed by atoms with Crippen LogP contribution in [-0.2, 0) is 0 Å². The first-order valence-corrected chi connectivity index (χ1v) is 21.8. The third-order valence-corrected chi connectivity index (χ3v) is 12.8. The predicted molar refractivity (Wildman–Crippen MR) is 270 cm³/mol. The van der Waals surface area contributed by atoms with E-state index in [2.05, 4.69) is 254 Å². The number of hydrogen-bond donors (Lipinski definition) is 0. The molecule has 12 aromatic rings. The summed E-state index contributed by atoms with van der Waals surface area (Å²) in [6.07, 6.45) is 0. The summed E-state index contributed by atoms with van der Waals surface area (Å²) in [6, 6.07) is 91.1. The predicted octanol–water partition coefficient (Wildman–Crippen LogP) is 17.6. The van der Waals surface area contributed by atoms with Crippen LogP contribution >= 0.6 is 0 Å². The zero-order valence-electron chi connectivity index (χ0n) is 34.6. The Morgan fingerprint density at radius 1 is 0.222 bits per heavy atom. The van der Waals surface area contributed by atoms with Crippen molar-refractivity contribution in [2.45, 2.75) is 0 Å². The van der Waals surface area contributed by atoms with E-state index in [0.717, 1.165) is 28.2 Å². The SMILES string of the molecule is c1ccc(-c2c(-c3ccccc3)c3cc(-c4ccccc4N(c4ccc(-c5cccc6c5ccc5ccccc56)cc4)c4ccc5ccccc5c4)ccc3c3ccccc23)cc1. The van der Waals surface area contributed by atoms with E-state index in [1.807, 2.05) is 0 Å². The summed E-state index contributed by atoms with van der Waals surface area (Å²) in [5, 5.41) is 12.5. The number of benzene rings is 12. The Morgan fingerprint density at radius 2 is 0.730 bits per heavy atom. The van der Waals surface area contributed by atoms with Crippen LogP contribution in [0.4, 0.5) is 17.1 Å². The van der Waals surface area contributed by atoms with Crippen LogP contribution in [0.5, 0.6) is 0 Å². The van der Waals surface area contributed by atoms with Gasteiger partial charge in [0.1, 0.15) is 0 Å². The summed E-state index contributed by atoms with van der Waals surface area (Å²) in [4.78, 5) is 2.43. The van der Waals surface area contributed by atoms with Crippen LogP contribution in [0.3, 0.4) is 0 Å². The van der Waals surface area contributed by atoms with Gasteiger partial charge >= 0.3 is 0 Å². The van der Waals surface area contributed by atoms with Gasteiger partial charge in [-0.2, -0.15) is 0 Å². The van der Waals surface area contributed by atoms with Crippen LogP contribution in [0.1, 0.15) is 0 Å². The molecule has 0 saturated carbocycles. The summed E-state index contributed by atoms with van der Waals surface area (Å²) >= 11 is 0. The maximum absolute atomic E-state index is 2.43. The molecule has 0 N–H and O–H groups in total. The van der Waals surface area contributed by atoms with E-state index >= 15 is 0 Å². The molecular weight excluding hydrogens is 759 g/mol. The van der Waals surface area contributed by atoms with Gasteiger partial charge in [-0.3, -0.25) is 0 Å². The molecule has 0 spiro atoms. The van der Waals surface area contributed by atoms with Gasteiger partial charge < -0.3 is 4.90 Å². The van der Waals surface area contributed by atoms with Gasteiger partial charge in [0.05, 0.1) is 5.69 Å². The second-order valence-corrected chi connectivity index (χ2v) is 16.4. The van der Waals surface area contributed by atoms with E-state index in [1.54, 1.807) is 0 Å². The Kier molecular flexibility index (Phi) is 8.90. The lowest BCUT2D eigenvalue weighted by Gasteiger charge is -2.28. The number of para-hydroxylation sites is 1. The summed E-state index contributed by atoms with van der Waals surface area (Å²) in [5.74, 6) is 0. The van der Waals surface area contributed by atoms with Crippen molar-refractivity contribution in [3.05, 3.63) is 249 Å². The smallest absolute Gasteiger partial charge is 0.0540 e. The first-order valence-electron chi connectivity index (χ1n) is 21.8. The topological polar surface area (TPSA) is 3.24 Å². The maximum Gasteiger partial charge on any atom is 0.0540 e. The minimum absolute atomic E-state index is 1.09. The lowest BCUT2D eigenvalue weighted by molar-refractivity contribution is 1.29. The lowest BCUT2D eigenvalue weighted by atomic mass is 9.84. The molecule has 0 aliphatic carbocycles. The third-order valence-electron chi connectivity index (χ3n) is 12.8. The van der Waals surface area contributed by atoms with E-state index in [9.17, 15) is 0 Å². The second-order valence-electron chi connectivity index (χ2n) is 16.4. The molecule has 0 aliphatic heterocycles. The van der Waals surface area contributed by atoms with Crippen LogP contribution in [0.15, 0.2) is 249 Å². The van der Waals surface area contributed by atoms with E-state index in [0.29, 0.717) is 0 Å². The number of hydrogen-bond acceptors (Lipinski definition) is 1.